The molecule has 20 heavy (non-hydrogen) atoms. The van der Waals surface area contributed by atoms with Crippen molar-refractivity contribution in [2.45, 2.75) is 19.6 Å². The first-order valence-electron chi connectivity index (χ1n) is 6.09. The van der Waals surface area contributed by atoms with E-state index in [4.69, 9.17) is 10.5 Å². The van der Waals surface area contributed by atoms with Gasteiger partial charge in [-0.15, -0.1) is 0 Å². The van der Waals surface area contributed by atoms with Crippen LogP contribution in [-0.2, 0) is 6.61 Å². The van der Waals surface area contributed by atoms with Gasteiger partial charge in [-0.1, -0.05) is 0 Å². The minimum atomic E-state index is -0.686. The molecule has 0 aliphatic rings. The molecular weight excluding hydrogens is 267 g/mol. The number of benzene rings is 2. The molecular formula is C15H14F3NO. The largest absolute Gasteiger partial charge is 0.488 e. The van der Waals surface area contributed by atoms with E-state index in [1.807, 2.05) is 0 Å². The highest BCUT2D eigenvalue weighted by molar-refractivity contribution is 5.36. The Labute approximate surface area is 115 Å². The van der Waals surface area contributed by atoms with Crippen LogP contribution in [0.4, 0.5) is 13.2 Å². The third kappa shape index (κ3) is 3.30. The maximum Gasteiger partial charge on any atom is 0.132 e. The number of hydrogen-bond donors (Lipinski definition) is 1. The Kier molecular flexibility index (Phi) is 4.29. The molecule has 0 aliphatic heterocycles. The molecule has 0 spiro atoms. The minimum absolute atomic E-state index is 0.0858. The zero-order chi connectivity index (χ0) is 14.7. The summed E-state index contributed by atoms with van der Waals surface area (Å²) < 4.78 is 44.9. The van der Waals surface area contributed by atoms with Crippen molar-refractivity contribution in [2.24, 2.45) is 5.73 Å². The van der Waals surface area contributed by atoms with Crippen molar-refractivity contribution >= 4 is 0 Å². The summed E-state index contributed by atoms with van der Waals surface area (Å²) >= 11 is 0. The Morgan fingerprint density at radius 2 is 1.70 bits per heavy atom. The van der Waals surface area contributed by atoms with Crippen LogP contribution in [0.5, 0.6) is 5.75 Å². The van der Waals surface area contributed by atoms with E-state index in [1.165, 1.54) is 24.3 Å². The fraction of sp³-hybridized carbons (Fsp3) is 0.200. The molecule has 5 heteroatoms. The molecule has 0 saturated carbocycles. The average Bonchev–Trinajstić information content (AvgIpc) is 2.38. The van der Waals surface area contributed by atoms with Gasteiger partial charge in [-0.25, -0.2) is 13.2 Å². The van der Waals surface area contributed by atoms with E-state index in [2.05, 4.69) is 0 Å². The molecule has 2 nitrogen and oxygen atoms in total. The van der Waals surface area contributed by atoms with Crippen molar-refractivity contribution in [1.82, 2.24) is 0 Å². The molecule has 2 aromatic rings. The Morgan fingerprint density at radius 3 is 2.35 bits per heavy atom. The second-order valence-corrected chi connectivity index (χ2v) is 4.50. The normalized spacial score (nSPS) is 12.2. The maximum atomic E-state index is 13.5. The van der Waals surface area contributed by atoms with Gasteiger partial charge >= 0.3 is 0 Å². The molecule has 2 N–H and O–H groups in total. The average molecular weight is 281 g/mol. The molecule has 0 bridgehead atoms. The summed E-state index contributed by atoms with van der Waals surface area (Å²) in [7, 11) is 0. The molecule has 1 atom stereocenters. The molecule has 0 saturated heterocycles. The summed E-state index contributed by atoms with van der Waals surface area (Å²) in [6, 6.07) is 6.78. The van der Waals surface area contributed by atoms with E-state index in [0.717, 1.165) is 12.1 Å². The van der Waals surface area contributed by atoms with Gasteiger partial charge in [0.25, 0.3) is 0 Å². The molecule has 2 aromatic carbocycles. The van der Waals surface area contributed by atoms with Gasteiger partial charge in [-0.05, 0) is 37.3 Å². The molecule has 0 aliphatic carbocycles. The van der Waals surface area contributed by atoms with Crippen molar-refractivity contribution < 1.29 is 17.9 Å². The molecule has 0 heterocycles. The van der Waals surface area contributed by atoms with Crippen LogP contribution in [0, 0.1) is 17.5 Å². The molecule has 0 aromatic heterocycles. The Balaban J connectivity index is 2.18. The number of halogens is 3. The lowest BCUT2D eigenvalue weighted by atomic mass is 10.1. The first-order chi connectivity index (χ1) is 9.47. The van der Waals surface area contributed by atoms with Crippen LogP contribution in [0.2, 0.25) is 0 Å². The molecule has 0 unspecified atom stereocenters. The lowest BCUT2D eigenvalue weighted by Crippen LogP contribution is -2.09. The highest BCUT2D eigenvalue weighted by Gasteiger charge is 2.11. The molecule has 106 valence electrons. The third-order valence-corrected chi connectivity index (χ3v) is 2.86. The topological polar surface area (TPSA) is 35.2 Å². The second kappa shape index (κ2) is 5.96. The van der Waals surface area contributed by atoms with Gasteiger partial charge in [0.05, 0.1) is 0 Å². The van der Waals surface area contributed by atoms with E-state index >= 15 is 0 Å². The van der Waals surface area contributed by atoms with Crippen LogP contribution in [0.25, 0.3) is 0 Å². The van der Waals surface area contributed by atoms with Gasteiger partial charge in [-0.3, -0.25) is 0 Å². The molecule has 0 fully saturated rings. The monoisotopic (exact) mass is 281 g/mol. The van der Waals surface area contributed by atoms with Gasteiger partial charge in [0, 0.05) is 23.2 Å². The van der Waals surface area contributed by atoms with Crippen molar-refractivity contribution in [3.8, 4) is 5.75 Å². The number of rotatable bonds is 4. The zero-order valence-electron chi connectivity index (χ0n) is 10.9. The summed E-state index contributed by atoms with van der Waals surface area (Å²) in [5, 5.41) is 0. The maximum absolute atomic E-state index is 13.5. The van der Waals surface area contributed by atoms with Crippen molar-refractivity contribution in [3.05, 3.63) is 65.0 Å². The van der Waals surface area contributed by atoms with Crippen LogP contribution in [0.15, 0.2) is 36.4 Å². The Bertz CT molecular complexity index is 614. The fourth-order valence-electron chi connectivity index (χ4n) is 1.80. The van der Waals surface area contributed by atoms with Crippen LogP contribution in [0.3, 0.4) is 0 Å². The fourth-order valence-corrected chi connectivity index (χ4v) is 1.80. The number of hydrogen-bond acceptors (Lipinski definition) is 2. The van der Waals surface area contributed by atoms with E-state index in [0.29, 0.717) is 11.3 Å². The van der Waals surface area contributed by atoms with E-state index < -0.39 is 23.5 Å². The van der Waals surface area contributed by atoms with Gasteiger partial charge < -0.3 is 10.5 Å². The van der Waals surface area contributed by atoms with Crippen LogP contribution in [-0.4, -0.2) is 0 Å². The van der Waals surface area contributed by atoms with E-state index in [9.17, 15) is 13.2 Å². The smallest absolute Gasteiger partial charge is 0.132 e. The zero-order valence-corrected chi connectivity index (χ0v) is 10.9. The van der Waals surface area contributed by atoms with Crippen LogP contribution in [0.1, 0.15) is 24.1 Å². The van der Waals surface area contributed by atoms with Crippen LogP contribution < -0.4 is 10.5 Å². The second-order valence-electron chi connectivity index (χ2n) is 4.50. The number of ether oxygens (including phenoxy) is 1. The van der Waals surface area contributed by atoms with Gasteiger partial charge in [0.15, 0.2) is 0 Å². The lowest BCUT2D eigenvalue weighted by Gasteiger charge is -2.14. The van der Waals surface area contributed by atoms with Crippen molar-refractivity contribution in [2.75, 3.05) is 0 Å². The lowest BCUT2D eigenvalue weighted by molar-refractivity contribution is 0.294. The summed E-state index contributed by atoms with van der Waals surface area (Å²) in [5.41, 5.74) is 6.44. The van der Waals surface area contributed by atoms with Gasteiger partial charge in [0.2, 0.25) is 0 Å². The summed E-state index contributed by atoms with van der Waals surface area (Å²) in [4.78, 5) is 0. The molecule has 0 radical (unpaired) electrons. The predicted octanol–water partition coefficient (Wildman–Crippen LogP) is 3.70. The first-order valence-corrected chi connectivity index (χ1v) is 6.09. The third-order valence-electron chi connectivity index (χ3n) is 2.86. The van der Waals surface area contributed by atoms with Crippen molar-refractivity contribution in [3.63, 3.8) is 0 Å². The van der Waals surface area contributed by atoms with Crippen molar-refractivity contribution in [1.29, 1.82) is 0 Å². The minimum Gasteiger partial charge on any atom is -0.488 e. The SMILES string of the molecule is C[C@@H](N)c1cc(F)ccc1OCc1ccc(F)cc1F. The summed E-state index contributed by atoms with van der Waals surface area (Å²) in [6.45, 7) is 1.61. The first kappa shape index (κ1) is 14.4. The van der Waals surface area contributed by atoms with E-state index in [-0.39, 0.29) is 12.2 Å². The van der Waals surface area contributed by atoms with Crippen LogP contribution >= 0.6 is 0 Å². The highest BCUT2D eigenvalue weighted by Crippen LogP contribution is 2.26. The van der Waals surface area contributed by atoms with Gasteiger partial charge in [0.1, 0.15) is 29.8 Å². The standard InChI is InChI=1S/C15H14F3NO/c1-9(19)13-6-11(16)4-5-15(13)20-8-10-2-3-12(17)7-14(10)18/h2-7,9H,8,19H2,1H3/t9-/m1/s1. The summed E-state index contributed by atoms with van der Waals surface area (Å²) in [6.07, 6.45) is 0. The highest BCUT2D eigenvalue weighted by atomic mass is 19.1. The van der Waals surface area contributed by atoms with E-state index in [1.54, 1.807) is 6.92 Å². The quantitative estimate of drug-likeness (QED) is 0.927. The molecule has 0 amide bonds. The Hall–Kier alpha value is -2.01. The predicted molar refractivity (Wildman–Crippen MR) is 69.7 cm³/mol. The van der Waals surface area contributed by atoms with Gasteiger partial charge in [-0.2, -0.15) is 0 Å². The molecule has 2 rings (SSSR count). The Morgan fingerprint density at radius 1 is 1.05 bits per heavy atom. The summed E-state index contributed by atoms with van der Waals surface area (Å²) in [5.74, 6) is -1.37. The number of nitrogens with two attached hydrogens (primary N) is 1.